The minimum absolute atomic E-state index is 0.0977. The molecule has 3 aliphatic rings. The number of nitrogens with zero attached hydrogens (tertiary/aromatic N) is 3. The third kappa shape index (κ3) is 5.59. The number of allylic oxidation sites excluding steroid dienone is 7. The maximum Gasteiger partial charge on any atom is 0.0715 e. The Morgan fingerprint density at radius 1 is 0.702 bits per heavy atom. The number of anilines is 1. The number of benzene rings is 5. The molecule has 0 radical (unpaired) electrons. The molecular formula is C53H39N3S. The molecule has 1 unspecified atom stereocenters. The average Bonchev–Trinajstić information content (AvgIpc) is 3.82. The minimum Gasteiger partial charge on any atom is -0.339 e. The molecule has 3 nitrogen and oxygen atoms in total. The lowest BCUT2D eigenvalue weighted by atomic mass is 9.90. The van der Waals surface area contributed by atoms with Crippen LogP contribution in [0.5, 0.6) is 0 Å². The third-order valence-electron chi connectivity index (χ3n) is 11.7. The Hall–Kier alpha value is -6.75. The molecule has 1 aliphatic heterocycles. The first-order valence-corrected chi connectivity index (χ1v) is 20.6. The van der Waals surface area contributed by atoms with Crippen LogP contribution in [0.2, 0.25) is 0 Å². The predicted molar refractivity (Wildman–Crippen MR) is 244 cm³/mol. The number of aromatic nitrogens is 2. The molecule has 57 heavy (non-hydrogen) atoms. The van der Waals surface area contributed by atoms with Crippen LogP contribution < -0.4 is 4.90 Å². The monoisotopic (exact) mass is 749 g/mol. The van der Waals surface area contributed by atoms with E-state index in [0.29, 0.717) is 0 Å². The lowest BCUT2D eigenvalue weighted by molar-refractivity contribution is 0.783. The average molecular weight is 750 g/mol. The van der Waals surface area contributed by atoms with E-state index in [1.165, 1.54) is 70.4 Å². The van der Waals surface area contributed by atoms with E-state index >= 15 is 0 Å². The maximum atomic E-state index is 5.14. The molecule has 0 N–H and O–H groups in total. The van der Waals surface area contributed by atoms with Crippen molar-refractivity contribution >= 4 is 65.3 Å². The molecule has 0 amide bonds. The van der Waals surface area contributed by atoms with Crippen molar-refractivity contribution in [3.05, 3.63) is 205 Å². The first-order chi connectivity index (χ1) is 28.2. The molecule has 0 saturated carbocycles. The van der Waals surface area contributed by atoms with E-state index in [1.54, 1.807) is 0 Å². The van der Waals surface area contributed by atoms with Crippen molar-refractivity contribution < 1.29 is 0 Å². The predicted octanol–water partition coefficient (Wildman–Crippen LogP) is 14.0. The number of rotatable bonds is 5. The van der Waals surface area contributed by atoms with E-state index < -0.39 is 0 Å². The quantitative estimate of drug-likeness (QED) is 0.175. The van der Waals surface area contributed by atoms with E-state index in [-0.39, 0.29) is 6.04 Å². The summed E-state index contributed by atoms with van der Waals surface area (Å²) < 4.78 is 5.16. The van der Waals surface area contributed by atoms with E-state index in [0.717, 1.165) is 47.4 Å². The van der Waals surface area contributed by atoms with Crippen LogP contribution in [0.15, 0.2) is 183 Å². The molecule has 0 fully saturated rings. The van der Waals surface area contributed by atoms with Crippen LogP contribution in [-0.4, -0.2) is 15.6 Å². The van der Waals surface area contributed by atoms with Crippen molar-refractivity contribution in [2.24, 2.45) is 0 Å². The van der Waals surface area contributed by atoms with Crippen LogP contribution in [0.25, 0.3) is 76.5 Å². The second-order valence-corrected chi connectivity index (χ2v) is 16.1. The SMILES string of the molecule is C=C1/C=C\C=C/N(C2C=CC(c3cc(-c4ccccc4)nc(-c4ccccc4)c3)=CC2)c2c1c1c3c(n(-c4ccccc4)c1c1c2sc2ccccc21)CCC=C3. The first-order valence-electron chi connectivity index (χ1n) is 19.8. The Morgan fingerprint density at radius 3 is 2.12 bits per heavy atom. The van der Waals surface area contributed by atoms with Crippen LogP contribution in [0.4, 0.5) is 5.69 Å². The fourth-order valence-electron chi connectivity index (χ4n) is 9.07. The van der Waals surface area contributed by atoms with E-state index in [2.05, 4.69) is 192 Å². The molecular weight excluding hydrogens is 711 g/mol. The van der Waals surface area contributed by atoms with Gasteiger partial charge < -0.3 is 9.47 Å². The van der Waals surface area contributed by atoms with Gasteiger partial charge in [0.15, 0.2) is 0 Å². The molecule has 0 bridgehead atoms. The molecule has 272 valence electrons. The van der Waals surface area contributed by atoms with Crippen molar-refractivity contribution in [3.63, 3.8) is 0 Å². The molecule has 0 spiro atoms. The Bertz CT molecular complexity index is 2990. The van der Waals surface area contributed by atoms with Gasteiger partial charge in [0, 0.05) is 60.7 Å². The highest BCUT2D eigenvalue weighted by atomic mass is 32.1. The summed E-state index contributed by atoms with van der Waals surface area (Å²) in [5.41, 5.74) is 15.2. The van der Waals surface area contributed by atoms with Gasteiger partial charge in [-0.2, -0.15) is 0 Å². The molecule has 3 aromatic heterocycles. The Morgan fingerprint density at radius 2 is 1.40 bits per heavy atom. The van der Waals surface area contributed by atoms with Gasteiger partial charge in [-0.15, -0.1) is 11.3 Å². The summed E-state index contributed by atoms with van der Waals surface area (Å²) in [6, 6.07) is 45.5. The number of pyridine rings is 1. The Kier molecular flexibility index (Phi) is 8.11. The Balaban J connectivity index is 1.10. The molecule has 11 rings (SSSR count). The maximum absolute atomic E-state index is 5.14. The van der Waals surface area contributed by atoms with Crippen molar-refractivity contribution in [1.82, 2.24) is 9.55 Å². The van der Waals surface area contributed by atoms with Gasteiger partial charge in [0.25, 0.3) is 0 Å². The number of para-hydroxylation sites is 1. The van der Waals surface area contributed by atoms with Gasteiger partial charge in [-0.3, -0.25) is 0 Å². The van der Waals surface area contributed by atoms with Gasteiger partial charge in [0.05, 0.1) is 33.3 Å². The fraction of sp³-hybridized carbons (Fsp3) is 0.0755. The molecule has 2 aliphatic carbocycles. The number of hydrogen-bond donors (Lipinski definition) is 0. The number of hydrogen-bond acceptors (Lipinski definition) is 3. The highest BCUT2D eigenvalue weighted by molar-refractivity contribution is 7.26. The fourth-order valence-corrected chi connectivity index (χ4v) is 10.3. The van der Waals surface area contributed by atoms with Gasteiger partial charge in [-0.25, -0.2) is 4.98 Å². The Labute approximate surface area is 336 Å². The zero-order chi connectivity index (χ0) is 37.9. The molecule has 4 heterocycles. The van der Waals surface area contributed by atoms with Crippen molar-refractivity contribution in [1.29, 1.82) is 0 Å². The van der Waals surface area contributed by atoms with Gasteiger partial charge in [0.2, 0.25) is 0 Å². The van der Waals surface area contributed by atoms with Crippen LogP contribution in [0.1, 0.15) is 35.2 Å². The molecule has 0 saturated heterocycles. The smallest absolute Gasteiger partial charge is 0.0715 e. The first kappa shape index (κ1) is 33.6. The van der Waals surface area contributed by atoms with E-state index in [4.69, 9.17) is 11.6 Å². The topological polar surface area (TPSA) is 21.1 Å². The summed E-state index contributed by atoms with van der Waals surface area (Å²) in [6.07, 6.45) is 23.5. The molecule has 4 heteroatoms. The zero-order valence-corrected chi connectivity index (χ0v) is 32.3. The summed E-state index contributed by atoms with van der Waals surface area (Å²) in [5.74, 6) is 0. The van der Waals surface area contributed by atoms with Crippen LogP contribution >= 0.6 is 11.3 Å². The van der Waals surface area contributed by atoms with Gasteiger partial charge in [0.1, 0.15) is 0 Å². The van der Waals surface area contributed by atoms with Crippen LogP contribution in [0.3, 0.4) is 0 Å². The second-order valence-electron chi connectivity index (χ2n) is 15.0. The third-order valence-corrected chi connectivity index (χ3v) is 12.8. The van der Waals surface area contributed by atoms with Crippen LogP contribution in [-0.2, 0) is 6.42 Å². The molecule has 8 aromatic rings. The van der Waals surface area contributed by atoms with Crippen molar-refractivity contribution in [2.75, 3.05) is 4.90 Å². The van der Waals surface area contributed by atoms with Gasteiger partial charge in [-0.1, -0.05) is 146 Å². The summed E-state index contributed by atoms with van der Waals surface area (Å²) >= 11 is 1.90. The van der Waals surface area contributed by atoms with Crippen molar-refractivity contribution in [3.8, 4) is 28.2 Å². The lowest BCUT2D eigenvalue weighted by Gasteiger charge is -2.33. The normalized spacial score (nSPS) is 17.3. The summed E-state index contributed by atoms with van der Waals surface area (Å²) in [7, 11) is 0. The zero-order valence-electron chi connectivity index (χ0n) is 31.5. The standard InChI is InChI=1S/C53H39N3S/c1-35-17-15-16-32-55(40-30-28-36(29-31-40)39-33-44(37-18-5-2-6-19-37)54-45(34-39)38-20-7-3-8-21-38)52-48(35)49-42-24-11-13-26-46(42)56(41-22-9-4-10-23-41)51(49)50-43-25-12-14-27-47(43)57-53(50)52/h2-12,14-25,27-30,32-34,40H,1,13,26,31H2/b17-15-,32-16-. The summed E-state index contributed by atoms with van der Waals surface area (Å²) in [5, 5.41) is 3.91. The second kappa shape index (κ2) is 13.8. The summed E-state index contributed by atoms with van der Waals surface area (Å²) in [6.45, 7) is 4.78. The van der Waals surface area contributed by atoms with Gasteiger partial charge in [-0.05, 0) is 72.4 Å². The number of thiophene rings is 1. The van der Waals surface area contributed by atoms with E-state index in [1.807, 2.05) is 11.3 Å². The van der Waals surface area contributed by atoms with E-state index in [9.17, 15) is 0 Å². The number of fused-ring (bicyclic) bond motifs is 10. The molecule has 1 atom stereocenters. The highest BCUT2D eigenvalue weighted by Gasteiger charge is 2.32. The summed E-state index contributed by atoms with van der Waals surface area (Å²) in [4.78, 5) is 7.67. The largest absolute Gasteiger partial charge is 0.339 e. The van der Waals surface area contributed by atoms with Gasteiger partial charge >= 0.3 is 0 Å². The van der Waals surface area contributed by atoms with Crippen LogP contribution in [0, 0.1) is 0 Å². The van der Waals surface area contributed by atoms with Crippen molar-refractivity contribution in [2.45, 2.75) is 25.3 Å². The minimum atomic E-state index is 0.0977. The lowest BCUT2D eigenvalue weighted by Crippen LogP contribution is -2.30. The highest BCUT2D eigenvalue weighted by Crippen LogP contribution is 2.53. The molecule has 5 aromatic carbocycles.